The lowest BCUT2D eigenvalue weighted by Gasteiger charge is -2.42. The van der Waals surface area contributed by atoms with Crippen molar-refractivity contribution in [3.63, 3.8) is 0 Å². The Morgan fingerprint density at radius 2 is 1.05 bits per heavy atom. The summed E-state index contributed by atoms with van der Waals surface area (Å²) in [6.45, 7) is 9.47. The Balaban J connectivity index is 0.888. The van der Waals surface area contributed by atoms with Gasteiger partial charge in [0.25, 0.3) is 0 Å². The molecule has 11 rings (SSSR count). The van der Waals surface area contributed by atoms with Crippen LogP contribution in [0.3, 0.4) is 0 Å². The fourth-order valence-corrected chi connectivity index (χ4v) is 10.3. The highest BCUT2D eigenvalue weighted by Crippen LogP contribution is 2.53. The zero-order valence-electron chi connectivity index (χ0n) is 33.2. The zero-order chi connectivity index (χ0) is 38.5. The summed E-state index contributed by atoms with van der Waals surface area (Å²) in [5.41, 5.74) is 21.0. The Bertz CT molecular complexity index is 2850. The van der Waals surface area contributed by atoms with E-state index in [0.717, 1.165) is 19.3 Å². The van der Waals surface area contributed by atoms with Gasteiger partial charge in [-0.15, -0.1) is 0 Å². The highest BCUT2D eigenvalue weighted by molar-refractivity contribution is 5.94. The minimum absolute atomic E-state index is 0.0697. The summed E-state index contributed by atoms with van der Waals surface area (Å²) in [4.78, 5) is 4.98. The third kappa shape index (κ3) is 5.23. The molecule has 0 radical (unpaired) electrons. The van der Waals surface area contributed by atoms with E-state index in [4.69, 9.17) is 0 Å². The molecule has 2 heterocycles. The summed E-state index contributed by atoms with van der Waals surface area (Å²) in [5.74, 6) is 0. The first-order chi connectivity index (χ1) is 27.8. The van der Waals surface area contributed by atoms with Gasteiger partial charge in [-0.1, -0.05) is 149 Å². The molecule has 0 bridgehead atoms. The van der Waals surface area contributed by atoms with Crippen molar-refractivity contribution in [2.45, 2.75) is 57.8 Å². The Morgan fingerprint density at radius 3 is 1.82 bits per heavy atom. The van der Waals surface area contributed by atoms with E-state index >= 15 is 0 Å². The third-order valence-corrected chi connectivity index (χ3v) is 13.3. The second-order valence-corrected chi connectivity index (χ2v) is 17.3. The first kappa shape index (κ1) is 33.9. The van der Waals surface area contributed by atoms with Crippen molar-refractivity contribution in [1.82, 2.24) is 0 Å². The predicted octanol–water partition coefficient (Wildman–Crippen LogP) is 14.7. The molecular formula is C55H46N2. The molecule has 7 aromatic rings. The molecule has 0 amide bonds. The minimum Gasteiger partial charge on any atom is -0.314 e. The van der Waals surface area contributed by atoms with Gasteiger partial charge in [0.15, 0.2) is 0 Å². The Kier molecular flexibility index (Phi) is 7.48. The van der Waals surface area contributed by atoms with Crippen molar-refractivity contribution in [3.8, 4) is 11.1 Å². The molecule has 2 aliphatic heterocycles. The van der Waals surface area contributed by atoms with Crippen molar-refractivity contribution >= 4 is 51.4 Å². The van der Waals surface area contributed by atoms with Crippen LogP contribution >= 0.6 is 0 Å². The molecule has 2 nitrogen and oxygen atoms in total. The first-order valence-electron chi connectivity index (χ1n) is 20.5. The number of anilines is 5. The summed E-state index contributed by atoms with van der Waals surface area (Å²) < 4.78 is 0. The molecular weight excluding hydrogens is 689 g/mol. The fraction of sp³-hybridized carbons (Fsp3) is 0.164. The summed E-state index contributed by atoms with van der Waals surface area (Å²) in [5, 5.41) is 2.48. The average molecular weight is 735 g/mol. The van der Waals surface area contributed by atoms with Gasteiger partial charge in [0.05, 0.1) is 11.4 Å². The second-order valence-electron chi connectivity index (χ2n) is 17.3. The lowest BCUT2D eigenvalue weighted by Crippen LogP contribution is -2.30. The van der Waals surface area contributed by atoms with E-state index in [9.17, 15) is 0 Å². The van der Waals surface area contributed by atoms with Crippen LogP contribution < -0.4 is 9.80 Å². The molecule has 0 fully saturated rings. The Labute approximate surface area is 336 Å². The maximum absolute atomic E-state index is 2.54. The smallest absolute Gasteiger partial charge is 0.0502 e. The van der Waals surface area contributed by atoms with Crippen LogP contribution in [0.2, 0.25) is 0 Å². The van der Waals surface area contributed by atoms with E-state index in [0.29, 0.717) is 0 Å². The molecule has 2 aliphatic carbocycles. The lowest BCUT2D eigenvalue weighted by molar-refractivity contribution is 0.632. The molecule has 0 saturated heterocycles. The minimum atomic E-state index is -0.116. The number of para-hydroxylation sites is 3. The molecule has 276 valence electrons. The summed E-state index contributed by atoms with van der Waals surface area (Å²) >= 11 is 0. The number of hydrogen-bond donors (Lipinski definition) is 0. The predicted molar refractivity (Wildman–Crippen MR) is 241 cm³/mol. The van der Waals surface area contributed by atoms with Gasteiger partial charge >= 0.3 is 0 Å². The van der Waals surface area contributed by atoms with Gasteiger partial charge in [-0.3, -0.25) is 0 Å². The van der Waals surface area contributed by atoms with E-state index in [1.807, 2.05) is 0 Å². The highest BCUT2D eigenvalue weighted by Gasteiger charge is 2.38. The van der Waals surface area contributed by atoms with Crippen molar-refractivity contribution in [2.75, 3.05) is 9.80 Å². The molecule has 2 heteroatoms. The molecule has 4 aliphatic rings. The van der Waals surface area contributed by atoms with Gasteiger partial charge < -0.3 is 9.80 Å². The first-order valence-corrected chi connectivity index (χ1v) is 20.5. The van der Waals surface area contributed by atoms with Gasteiger partial charge in [0, 0.05) is 40.0 Å². The number of allylic oxidation sites excluding steroid dienone is 4. The van der Waals surface area contributed by atoms with Crippen molar-refractivity contribution in [2.24, 2.45) is 0 Å². The molecule has 57 heavy (non-hydrogen) atoms. The molecule has 0 N–H and O–H groups in total. The van der Waals surface area contributed by atoms with Gasteiger partial charge in [0.1, 0.15) is 0 Å². The van der Waals surface area contributed by atoms with Crippen LogP contribution in [0.4, 0.5) is 28.4 Å². The number of nitrogens with zero attached hydrogens (tertiary/aromatic N) is 2. The number of benzene rings is 7. The van der Waals surface area contributed by atoms with Crippen LogP contribution in [0.5, 0.6) is 0 Å². The van der Waals surface area contributed by atoms with Crippen molar-refractivity contribution in [1.29, 1.82) is 0 Å². The standard InChI is InChI=1S/C55H46N2/c1-54(2)46-15-7-11-19-52(46)57(53-20-12-8-16-47(53)54)42-27-26-38-31-36(23-25-39(38)34-42)21-22-37-24-29-44-45-30-28-43(35-49(45)55(3,4)48(44)32-37)56-50-17-9-5-13-40(50)33-41-14-6-10-18-51(41)56/h5-9,11-17,19-32,34-35H,10,18,33H2,1-4H3/b22-21+. The highest BCUT2D eigenvalue weighted by atomic mass is 15.2. The Morgan fingerprint density at radius 1 is 0.491 bits per heavy atom. The molecule has 0 spiro atoms. The van der Waals surface area contributed by atoms with E-state index in [2.05, 4.69) is 207 Å². The average Bonchev–Trinajstić information content (AvgIpc) is 3.46. The van der Waals surface area contributed by atoms with Crippen LogP contribution in [-0.4, -0.2) is 0 Å². The molecule has 0 atom stereocenters. The van der Waals surface area contributed by atoms with Gasteiger partial charge in [-0.05, 0) is 128 Å². The second kappa shape index (κ2) is 12.6. The van der Waals surface area contributed by atoms with Gasteiger partial charge in [0.2, 0.25) is 0 Å². The van der Waals surface area contributed by atoms with Gasteiger partial charge in [-0.25, -0.2) is 0 Å². The number of rotatable bonds is 4. The monoisotopic (exact) mass is 734 g/mol. The molecule has 0 saturated carbocycles. The zero-order valence-corrected chi connectivity index (χ0v) is 33.2. The topological polar surface area (TPSA) is 6.48 Å². The SMILES string of the molecule is CC1(C)c2cc(/C=C/c3ccc4cc(N5c6ccccc6C(C)(C)c6ccccc65)ccc4c3)ccc2-c2ccc(N3C4=C(C=CCC4)Cc4ccccc43)cc21. The number of fused-ring (bicyclic) bond motifs is 7. The summed E-state index contributed by atoms with van der Waals surface area (Å²) in [6, 6.07) is 54.6. The van der Waals surface area contributed by atoms with Crippen LogP contribution in [0.15, 0.2) is 169 Å². The van der Waals surface area contributed by atoms with Crippen LogP contribution in [-0.2, 0) is 17.3 Å². The van der Waals surface area contributed by atoms with E-state index in [1.54, 1.807) is 0 Å². The lowest BCUT2D eigenvalue weighted by atomic mass is 9.73. The van der Waals surface area contributed by atoms with Gasteiger partial charge in [-0.2, -0.15) is 0 Å². The summed E-state index contributed by atoms with van der Waals surface area (Å²) in [6.07, 6.45) is 12.4. The molecule has 0 aromatic heterocycles. The summed E-state index contributed by atoms with van der Waals surface area (Å²) in [7, 11) is 0. The maximum Gasteiger partial charge on any atom is 0.0502 e. The van der Waals surface area contributed by atoms with Crippen LogP contribution in [0.25, 0.3) is 34.1 Å². The van der Waals surface area contributed by atoms with Crippen molar-refractivity contribution in [3.05, 3.63) is 208 Å². The van der Waals surface area contributed by atoms with E-state index in [1.165, 1.54) is 101 Å². The quantitative estimate of drug-likeness (QED) is 0.166. The number of hydrogen-bond acceptors (Lipinski definition) is 2. The van der Waals surface area contributed by atoms with Crippen LogP contribution in [0, 0.1) is 0 Å². The molecule has 0 unspecified atom stereocenters. The maximum atomic E-state index is 2.54. The fourth-order valence-electron chi connectivity index (χ4n) is 10.3. The third-order valence-electron chi connectivity index (χ3n) is 13.3. The largest absolute Gasteiger partial charge is 0.314 e. The molecule has 7 aromatic carbocycles. The van der Waals surface area contributed by atoms with Crippen LogP contribution in [0.1, 0.15) is 79.5 Å². The van der Waals surface area contributed by atoms with Crippen molar-refractivity contribution < 1.29 is 0 Å². The Hall–Kier alpha value is -6.38. The van der Waals surface area contributed by atoms with E-state index < -0.39 is 0 Å². The van der Waals surface area contributed by atoms with E-state index in [-0.39, 0.29) is 10.8 Å². The normalized spacial score (nSPS) is 16.9.